The number of urea groups is 1. The zero-order chi connectivity index (χ0) is 11.1. The average Bonchev–Trinajstić information content (AvgIpc) is 2.22. The maximum atomic E-state index is 11.5. The van der Waals surface area contributed by atoms with Crippen molar-refractivity contribution < 1.29 is 4.79 Å². The van der Waals surface area contributed by atoms with Crippen LogP contribution in [0.1, 0.15) is 39.5 Å². The molecule has 4 nitrogen and oxygen atoms in total. The Hall–Kier alpha value is -0.770. The van der Waals surface area contributed by atoms with E-state index < -0.39 is 0 Å². The summed E-state index contributed by atoms with van der Waals surface area (Å²) in [6.45, 7) is 6.08. The normalized spacial score (nSPS) is 26.0. The Bertz CT molecular complexity index is 196. The van der Waals surface area contributed by atoms with Crippen molar-refractivity contribution in [3.63, 3.8) is 0 Å². The first-order valence-electron chi connectivity index (χ1n) is 6.01. The Balaban J connectivity index is 2.18. The quantitative estimate of drug-likeness (QED) is 0.615. The first-order valence-corrected chi connectivity index (χ1v) is 6.01. The summed E-state index contributed by atoms with van der Waals surface area (Å²) in [4.78, 5) is 11.5. The van der Waals surface area contributed by atoms with Gasteiger partial charge in [0.25, 0.3) is 0 Å². The molecule has 1 aliphatic heterocycles. The van der Waals surface area contributed by atoms with Crippen molar-refractivity contribution in [2.24, 2.45) is 0 Å². The number of hydrogen-bond acceptors (Lipinski definition) is 2. The minimum Gasteiger partial charge on any atom is -0.338 e. The fourth-order valence-corrected chi connectivity index (χ4v) is 1.84. The third kappa shape index (κ3) is 4.51. The molecule has 0 spiro atoms. The number of carbonyl (C=O) groups is 1. The molecule has 0 saturated carbocycles. The van der Waals surface area contributed by atoms with Crippen molar-refractivity contribution in [3.05, 3.63) is 0 Å². The Morgan fingerprint density at radius 3 is 3.00 bits per heavy atom. The summed E-state index contributed by atoms with van der Waals surface area (Å²) in [5, 5.41) is 9.25. The van der Waals surface area contributed by atoms with E-state index in [-0.39, 0.29) is 12.1 Å². The van der Waals surface area contributed by atoms with Crippen LogP contribution in [0.2, 0.25) is 0 Å². The summed E-state index contributed by atoms with van der Waals surface area (Å²) in [7, 11) is 0. The Labute approximate surface area is 92.2 Å². The number of piperidine rings is 1. The van der Waals surface area contributed by atoms with Crippen LogP contribution in [0.15, 0.2) is 0 Å². The molecule has 1 fully saturated rings. The van der Waals surface area contributed by atoms with E-state index in [1.165, 1.54) is 0 Å². The zero-order valence-electron chi connectivity index (χ0n) is 9.81. The van der Waals surface area contributed by atoms with Gasteiger partial charge in [-0.1, -0.05) is 13.3 Å². The molecule has 1 aliphatic rings. The summed E-state index contributed by atoms with van der Waals surface area (Å²) in [6, 6.07) is 0.639. The number of nitrogens with one attached hydrogen (secondary N) is 3. The van der Waals surface area contributed by atoms with E-state index in [0.717, 1.165) is 38.8 Å². The predicted molar refractivity (Wildman–Crippen MR) is 61.9 cm³/mol. The highest BCUT2D eigenvalue weighted by Crippen LogP contribution is 2.07. The summed E-state index contributed by atoms with van der Waals surface area (Å²) in [5.41, 5.74) is 0. The topological polar surface area (TPSA) is 53.2 Å². The van der Waals surface area contributed by atoms with Crippen molar-refractivity contribution in [2.75, 3.05) is 13.1 Å². The highest BCUT2D eigenvalue weighted by molar-refractivity contribution is 5.74. The Kier molecular flexibility index (Phi) is 5.47. The number of hydrogen-bond donors (Lipinski definition) is 3. The van der Waals surface area contributed by atoms with Gasteiger partial charge in [0, 0.05) is 18.6 Å². The van der Waals surface area contributed by atoms with E-state index in [0.29, 0.717) is 6.04 Å². The molecular formula is C11H23N3O. The number of carbonyl (C=O) groups excluding carboxylic acids is 1. The van der Waals surface area contributed by atoms with Crippen LogP contribution in [0.25, 0.3) is 0 Å². The number of amides is 2. The maximum Gasteiger partial charge on any atom is 0.315 e. The minimum atomic E-state index is -0.0241. The van der Waals surface area contributed by atoms with Crippen LogP contribution in [-0.4, -0.2) is 31.2 Å². The second-order valence-corrected chi connectivity index (χ2v) is 4.25. The second kappa shape index (κ2) is 6.67. The van der Waals surface area contributed by atoms with Gasteiger partial charge in [-0.3, -0.25) is 0 Å². The summed E-state index contributed by atoms with van der Waals surface area (Å²) >= 11 is 0. The van der Waals surface area contributed by atoms with E-state index in [1.54, 1.807) is 0 Å². The fraction of sp³-hybridized carbons (Fsp3) is 0.909. The van der Waals surface area contributed by atoms with Crippen LogP contribution < -0.4 is 16.0 Å². The SMILES string of the molecule is CCCCNC(=O)NC1CCCNC1C. The van der Waals surface area contributed by atoms with Gasteiger partial charge in [-0.05, 0) is 32.7 Å². The summed E-state index contributed by atoms with van der Waals surface area (Å²) in [5.74, 6) is 0. The van der Waals surface area contributed by atoms with Crippen molar-refractivity contribution in [1.82, 2.24) is 16.0 Å². The molecule has 0 aromatic carbocycles. The van der Waals surface area contributed by atoms with Crippen LogP contribution in [-0.2, 0) is 0 Å². The van der Waals surface area contributed by atoms with E-state index >= 15 is 0 Å². The molecular weight excluding hydrogens is 190 g/mol. The lowest BCUT2D eigenvalue weighted by atomic mass is 10.0. The molecule has 0 radical (unpaired) electrons. The van der Waals surface area contributed by atoms with E-state index in [4.69, 9.17) is 0 Å². The number of unbranched alkanes of at least 4 members (excludes halogenated alkanes) is 1. The molecule has 4 heteroatoms. The first-order chi connectivity index (χ1) is 7.24. The van der Waals surface area contributed by atoms with Crippen molar-refractivity contribution in [2.45, 2.75) is 51.6 Å². The van der Waals surface area contributed by atoms with Crippen LogP contribution in [0, 0.1) is 0 Å². The highest BCUT2D eigenvalue weighted by Gasteiger charge is 2.21. The van der Waals surface area contributed by atoms with Gasteiger partial charge in [0.2, 0.25) is 0 Å². The molecule has 1 saturated heterocycles. The molecule has 2 unspecified atom stereocenters. The molecule has 1 heterocycles. The first kappa shape index (κ1) is 12.3. The van der Waals surface area contributed by atoms with Gasteiger partial charge in [0.1, 0.15) is 0 Å². The highest BCUT2D eigenvalue weighted by atomic mass is 16.2. The summed E-state index contributed by atoms with van der Waals surface area (Å²) < 4.78 is 0. The van der Waals surface area contributed by atoms with Gasteiger partial charge >= 0.3 is 6.03 Å². The largest absolute Gasteiger partial charge is 0.338 e. The molecule has 2 atom stereocenters. The van der Waals surface area contributed by atoms with E-state index in [1.807, 2.05) is 0 Å². The zero-order valence-corrected chi connectivity index (χ0v) is 9.81. The fourth-order valence-electron chi connectivity index (χ4n) is 1.84. The minimum absolute atomic E-state index is 0.0241. The lowest BCUT2D eigenvalue weighted by Crippen LogP contribution is -2.54. The molecule has 3 N–H and O–H groups in total. The van der Waals surface area contributed by atoms with Gasteiger partial charge in [-0.25, -0.2) is 4.79 Å². The van der Waals surface area contributed by atoms with E-state index in [9.17, 15) is 4.79 Å². The van der Waals surface area contributed by atoms with Gasteiger partial charge in [-0.15, -0.1) is 0 Å². The Morgan fingerprint density at radius 2 is 2.33 bits per heavy atom. The predicted octanol–water partition coefficient (Wildman–Crippen LogP) is 1.23. The lowest BCUT2D eigenvalue weighted by Gasteiger charge is -2.30. The second-order valence-electron chi connectivity index (χ2n) is 4.25. The third-order valence-electron chi connectivity index (χ3n) is 2.89. The molecule has 0 bridgehead atoms. The molecule has 0 aromatic rings. The lowest BCUT2D eigenvalue weighted by molar-refractivity contribution is 0.228. The number of rotatable bonds is 4. The van der Waals surface area contributed by atoms with Crippen molar-refractivity contribution >= 4 is 6.03 Å². The van der Waals surface area contributed by atoms with Crippen molar-refractivity contribution in [1.29, 1.82) is 0 Å². The van der Waals surface area contributed by atoms with Gasteiger partial charge in [-0.2, -0.15) is 0 Å². The monoisotopic (exact) mass is 213 g/mol. The van der Waals surface area contributed by atoms with Crippen LogP contribution >= 0.6 is 0 Å². The van der Waals surface area contributed by atoms with Gasteiger partial charge < -0.3 is 16.0 Å². The van der Waals surface area contributed by atoms with Gasteiger partial charge in [0.05, 0.1) is 0 Å². The molecule has 15 heavy (non-hydrogen) atoms. The third-order valence-corrected chi connectivity index (χ3v) is 2.89. The van der Waals surface area contributed by atoms with Crippen LogP contribution in [0.4, 0.5) is 4.79 Å². The van der Waals surface area contributed by atoms with Gasteiger partial charge in [0.15, 0.2) is 0 Å². The van der Waals surface area contributed by atoms with E-state index in [2.05, 4.69) is 29.8 Å². The standard InChI is InChI=1S/C11H23N3O/c1-3-4-7-13-11(15)14-10-6-5-8-12-9(10)2/h9-10,12H,3-8H2,1-2H3,(H2,13,14,15). The Morgan fingerprint density at radius 1 is 1.53 bits per heavy atom. The molecule has 88 valence electrons. The molecule has 0 aromatic heterocycles. The smallest absolute Gasteiger partial charge is 0.315 e. The average molecular weight is 213 g/mol. The van der Waals surface area contributed by atoms with Crippen LogP contribution in [0.5, 0.6) is 0 Å². The molecule has 2 amide bonds. The molecule has 1 rings (SSSR count). The van der Waals surface area contributed by atoms with Crippen LogP contribution in [0.3, 0.4) is 0 Å². The summed E-state index contributed by atoms with van der Waals surface area (Å²) in [6.07, 6.45) is 4.38. The maximum absolute atomic E-state index is 11.5. The van der Waals surface area contributed by atoms with Crippen molar-refractivity contribution in [3.8, 4) is 0 Å². The molecule has 0 aliphatic carbocycles.